The summed E-state index contributed by atoms with van der Waals surface area (Å²) >= 11 is 0. The molecule has 0 unspecified atom stereocenters. The molecule has 1 aliphatic rings. The molecule has 2 aromatic carbocycles. The SMILES string of the molecule is CO[C@@H](CC(=O)O[C@@H]1C[C@](OC(=O)/C=C/c2ccc(O)c(O)c2)(C(=O)O)C[C@@H](O)[C@H]1O)c1ccc(O)c(O)c1. The van der Waals surface area contributed by atoms with Crippen LogP contribution in [0.15, 0.2) is 42.5 Å². The summed E-state index contributed by atoms with van der Waals surface area (Å²) in [6.45, 7) is 0. The first-order valence-electron chi connectivity index (χ1n) is 11.6. The van der Waals surface area contributed by atoms with E-state index in [4.69, 9.17) is 14.2 Å². The molecule has 13 heteroatoms. The van der Waals surface area contributed by atoms with E-state index in [2.05, 4.69) is 0 Å². The number of esters is 2. The Hall–Kier alpha value is -4.33. The number of aliphatic hydroxyl groups excluding tert-OH is 2. The molecule has 1 aliphatic carbocycles. The van der Waals surface area contributed by atoms with Crippen molar-refractivity contribution in [2.45, 2.75) is 49.3 Å². The zero-order chi connectivity index (χ0) is 28.9. The van der Waals surface area contributed by atoms with Crippen molar-refractivity contribution in [1.29, 1.82) is 0 Å². The number of ether oxygens (including phenoxy) is 3. The number of hydrogen-bond donors (Lipinski definition) is 7. The zero-order valence-electron chi connectivity index (χ0n) is 20.6. The number of aromatic hydroxyl groups is 4. The summed E-state index contributed by atoms with van der Waals surface area (Å²) in [6, 6.07) is 7.46. The van der Waals surface area contributed by atoms with E-state index in [-0.39, 0.29) is 17.1 Å². The van der Waals surface area contributed by atoms with E-state index < -0.39 is 78.7 Å². The molecule has 3 rings (SSSR count). The van der Waals surface area contributed by atoms with Gasteiger partial charge in [0.05, 0.1) is 18.6 Å². The third-order valence-corrected chi connectivity index (χ3v) is 6.23. The number of carbonyl (C=O) groups excluding carboxylic acids is 2. The highest BCUT2D eigenvalue weighted by molar-refractivity contribution is 5.90. The summed E-state index contributed by atoms with van der Waals surface area (Å²) in [7, 11) is 1.28. The van der Waals surface area contributed by atoms with Crippen LogP contribution < -0.4 is 0 Å². The van der Waals surface area contributed by atoms with Crippen LogP contribution in [0.5, 0.6) is 23.0 Å². The smallest absolute Gasteiger partial charge is 0.348 e. The number of phenols is 4. The van der Waals surface area contributed by atoms with Crippen molar-refractivity contribution in [3.8, 4) is 23.0 Å². The van der Waals surface area contributed by atoms with E-state index in [1.165, 1.54) is 43.5 Å². The largest absolute Gasteiger partial charge is 0.504 e. The lowest BCUT2D eigenvalue weighted by Gasteiger charge is -2.41. The van der Waals surface area contributed by atoms with Gasteiger partial charge in [0, 0.05) is 26.0 Å². The highest BCUT2D eigenvalue weighted by Crippen LogP contribution is 2.36. The molecule has 5 atom stereocenters. The number of methoxy groups -OCH3 is 1. The Bertz CT molecular complexity index is 1260. The number of aliphatic carboxylic acids is 1. The van der Waals surface area contributed by atoms with Gasteiger partial charge in [-0.15, -0.1) is 0 Å². The fourth-order valence-corrected chi connectivity index (χ4v) is 4.13. The van der Waals surface area contributed by atoms with E-state index in [0.29, 0.717) is 5.56 Å². The molecule has 39 heavy (non-hydrogen) atoms. The van der Waals surface area contributed by atoms with Crippen molar-refractivity contribution in [3.05, 3.63) is 53.6 Å². The molecule has 7 N–H and O–H groups in total. The van der Waals surface area contributed by atoms with Crippen molar-refractivity contribution in [1.82, 2.24) is 0 Å². The van der Waals surface area contributed by atoms with E-state index in [1.807, 2.05) is 0 Å². The van der Waals surface area contributed by atoms with E-state index in [1.54, 1.807) is 0 Å². The molecule has 1 fully saturated rings. The minimum absolute atomic E-state index is 0.284. The van der Waals surface area contributed by atoms with Crippen LogP contribution in [0.25, 0.3) is 6.08 Å². The third kappa shape index (κ3) is 6.96. The van der Waals surface area contributed by atoms with Crippen molar-refractivity contribution in [2.75, 3.05) is 7.11 Å². The van der Waals surface area contributed by atoms with Gasteiger partial charge in [-0.1, -0.05) is 12.1 Å². The van der Waals surface area contributed by atoms with Gasteiger partial charge in [0.1, 0.15) is 12.2 Å². The molecule has 1 saturated carbocycles. The van der Waals surface area contributed by atoms with Gasteiger partial charge in [-0.2, -0.15) is 0 Å². The molecule has 0 radical (unpaired) electrons. The van der Waals surface area contributed by atoms with Gasteiger partial charge in [0.2, 0.25) is 5.60 Å². The third-order valence-electron chi connectivity index (χ3n) is 6.23. The van der Waals surface area contributed by atoms with Crippen LogP contribution >= 0.6 is 0 Å². The van der Waals surface area contributed by atoms with Crippen LogP contribution in [-0.4, -0.2) is 84.7 Å². The fraction of sp³-hybridized carbons (Fsp3) is 0.346. The summed E-state index contributed by atoms with van der Waals surface area (Å²) in [5.74, 6) is -5.39. The maximum Gasteiger partial charge on any atom is 0.348 e. The highest BCUT2D eigenvalue weighted by Gasteiger charge is 2.54. The number of aliphatic hydroxyl groups is 2. The van der Waals surface area contributed by atoms with E-state index >= 15 is 0 Å². The topological polar surface area (TPSA) is 221 Å². The quantitative estimate of drug-likeness (QED) is 0.133. The molecule has 0 amide bonds. The Labute approximate surface area is 221 Å². The lowest BCUT2D eigenvalue weighted by Crippen LogP contribution is -2.58. The second-order valence-corrected chi connectivity index (χ2v) is 8.97. The average Bonchev–Trinajstić information content (AvgIpc) is 2.87. The Morgan fingerprint density at radius 1 is 0.974 bits per heavy atom. The van der Waals surface area contributed by atoms with Gasteiger partial charge in [-0.05, 0) is 41.5 Å². The van der Waals surface area contributed by atoms with Crippen molar-refractivity contribution >= 4 is 24.0 Å². The number of rotatable bonds is 9. The lowest BCUT2D eigenvalue weighted by atomic mass is 9.79. The first kappa shape index (κ1) is 29.2. The van der Waals surface area contributed by atoms with Crippen molar-refractivity contribution < 1.29 is 64.3 Å². The fourth-order valence-electron chi connectivity index (χ4n) is 4.13. The maximum atomic E-state index is 12.7. The number of phenolic OH excluding ortho intramolecular Hbond substituents is 4. The van der Waals surface area contributed by atoms with E-state index in [9.17, 15) is 50.1 Å². The standard InChI is InChI=1S/C26H28O13/c1-37-20(14-4-6-16(28)18(30)9-14)10-23(33)38-21-12-26(25(35)36,11-19(31)24(21)34)39-22(32)7-3-13-2-5-15(27)17(29)8-13/h2-9,19-21,24,27-31,34H,10-12H2,1H3,(H,35,36)/b7-3+/t19-,20+,21-,24-,26+/m1/s1. The molecule has 13 nitrogen and oxygen atoms in total. The Morgan fingerprint density at radius 2 is 1.62 bits per heavy atom. The van der Waals surface area contributed by atoms with E-state index in [0.717, 1.165) is 12.1 Å². The average molecular weight is 548 g/mol. The van der Waals surface area contributed by atoms with Gasteiger partial charge >= 0.3 is 17.9 Å². The highest BCUT2D eigenvalue weighted by atomic mass is 16.6. The zero-order valence-corrected chi connectivity index (χ0v) is 20.6. The van der Waals surface area contributed by atoms with Crippen LogP contribution in [0.1, 0.15) is 36.5 Å². The molecule has 210 valence electrons. The predicted octanol–water partition coefficient (Wildman–Crippen LogP) is 1.09. The molecule has 0 heterocycles. The number of carboxylic acids is 1. The van der Waals surface area contributed by atoms with Crippen LogP contribution in [-0.2, 0) is 28.6 Å². The minimum atomic E-state index is -2.36. The number of hydrogen-bond acceptors (Lipinski definition) is 12. The second kappa shape index (κ2) is 12.0. The monoisotopic (exact) mass is 548 g/mol. The van der Waals surface area contributed by atoms with Gasteiger partial charge in [-0.25, -0.2) is 9.59 Å². The second-order valence-electron chi connectivity index (χ2n) is 8.97. The molecular weight excluding hydrogens is 520 g/mol. The number of carbonyl (C=O) groups is 3. The Morgan fingerprint density at radius 3 is 2.21 bits per heavy atom. The number of benzene rings is 2. The first-order chi connectivity index (χ1) is 18.3. The summed E-state index contributed by atoms with van der Waals surface area (Å²) in [4.78, 5) is 37.3. The van der Waals surface area contributed by atoms with Crippen molar-refractivity contribution in [3.63, 3.8) is 0 Å². The lowest BCUT2D eigenvalue weighted by molar-refractivity contribution is -0.209. The summed E-state index contributed by atoms with van der Waals surface area (Å²) in [5.41, 5.74) is -1.75. The molecule has 2 aromatic rings. The first-order valence-corrected chi connectivity index (χ1v) is 11.6. The van der Waals surface area contributed by atoms with Crippen LogP contribution in [0, 0.1) is 0 Å². The molecule has 0 spiro atoms. The molecule has 0 aromatic heterocycles. The minimum Gasteiger partial charge on any atom is -0.504 e. The van der Waals surface area contributed by atoms with Gasteiger partial charge in [0.25, 0.3) is 0 Å². The number of carboxylic acid groups (broad SMARTS) is 1. The van der Waals surface area contributed by atoms with Gasteiger partial charge < -0.3 is 50.0 Å². The molecule has 0 bridgehead atoms. The summed E-state index contributed by atoms with van der Waals surface area (Å²) in [5, 5.41) is 68.7. The van der Waals surface area contributed by atoms with Crippen LogP contribution in [0.2, 0.25) is 0 Å². The molecule has 0 aliphatic heterocycles. The maximum absolute atomic E-state index is 12.7. The Balaban J connectivity index is 1.73. The normalized spacial score (nSPS) is 23.7. The molecule has 0 saturated heterocycles. The molecular formula is C26H28O13. The predicted molar refractivity (Wildman–Crippen MR) is 131 cm³/mol. The van der Waals surface area contributed by atoms with Crippen LogP contribution in [0.4, 0.5) is 0 Å². The van der Waals surface area contributed by atoms with Gasteiger partial charge in [-0.3, -0.25) is 4.79 Å². The summed E-state index contributed by atoms with van der Waals surface area (Å²) < 4.78 is 15.7. The van der Waals surface area contributed by atoms with Gasteiger partial charge in [0.15, 0.2) is 23.0 Å². The van der Waals surface area contributed by atoms with Crippen molar-refractivity contribution in [2.24, 2.45) is 0 Å². The summed E-state index contributed by atoms with van der Waals surface area (Å²) in [6.07, 6.45) is -5.69. The van der Waals surface area contributed by atoms with Crippen LogP contribution in [0.3, 0.4) is 0 Å². The Kier molecular flexibility index (Phi) is 9.01.